The molecule has 0 spiro atoms. The number of rotatable bonds is 3. The van der Waals surface area contributed by atoms with E-state index in [4.69, 9.17) is 5.73 Å². The Morgan fingerprint density at radius 2 is 2.05 bits per heavy atom. The predicted molar refractivity (Wildman–Crippen MR) is 89.5 cm³/mol. The Morgan fingerprint density at radius 1 is 1.29 bits per heavy atom. The van der Waals surface area contributed by atoms with Crippen LogP contribution in [0.15, 0.2) is 16.8 Å². The smallest absolute Gasteiger partial charge is 0.269 e. The minimum atomic E-state index is -0.176. The molecule has 21 heavy (non-hydrogen) atoms. The lowest BCUT2D eigenvalue weighted by Gasteiger charge is -2.18. The summed E-state index contributed by atoms with van der Waals surface area (Å²) < 4.78 is 0. The average molecular weight is 322 g/mol. The van der Waals surface area contributed by atoms with E-state index in [0.29, 0.717) is 10.7 Å². The van der Waals surface area contributed by atoms with E-state index in [0.717, 1.165) is 23.9 Å². The van der Waals surface area contributed by atoms with Crippen molar-refractivity contribution in [3.8, 4) is 0 Å². The van der Waals surface area contributed by atoms with Gasteiger partial charge in [0.1, 0.15) is 10.7 Å². The quantitative estimate of drug-likeness (QED) is 0.908. The molecule has 0 bridgehead atoms. The van der Waals surface area contributed by atoms with Crippen LogP contribution in [-0.4, -0.2) is 24.0 Å². The lowest BCUT2D eigenvalue weighted by atomic mass is 10.2. The van der Waals surface area contributed by atoms with Crippen LogP contribution in [-0.2, 0) is 0 Å². The molecule has 5 nitrogen and oxygen atoms in total. The molecule has 1 fully saturated rings. The van der Waals surface area contributed by atoms with Crippen molar-refractivity contribution in [3.63, 3.8) is 0 Å². The molecule has 3 heterocycles. The topological polar surface area (TPSA) is 71.2 Å². The highest BCUT2D eigenvalue weighted by Gasteiger charge is 2.20. The van der Waals surface area contributed by atoms with Gasteiger partial charge in [-0.15, -0.1) is 0 Å². The van der Waals surface area contributed by atoms with Crippen molar-refractivity contribution >= 4 is 45.2 Å². The van der Waals surface area contributed by atoms with Gasteiger partial charge in [0.15, 0.2) is 5.13 Å². The molecule has 2 aromatic heterocycles. The van der Waals surface area contributed by atoms with Gasteiger partial charge in [-0.2, -0.15) is 11.3 Å². The number of hydrogen-bond donors (Lipinski definition) is 2. The number of amides is 1. The van der Waals surface area contributed by atoms with Crippen molar-refractivity contribution in [2.75, 3.05) is 29.0 Å². The van der Waals surface area contributed by atoms with Gasteiger partial charge in [-0.1, -0.05) is 24.2 Å². The van der Waals surface area contributed by atoms with E-state index >= 15 is 0 Å². The first-order valence-corrected chi connectivity index (χ1v) is 8.85. The largest absolute Gasteiger partial charge is 0.382 e. The number of aromatic nitrogens is 1. The molecule has 3 rings (SSSR count). The SMILES string of the molecule is Nc1nc(N2CCCCCC2)sc1C(=O)Nc1ccsc1. The van der Waals surface area contributed by atoms with Gasteiger partial charge in [0.2, 0.25) is 0 Å². The summed E-state index contributed by atoms with van der Waals surface area (Å²) in [6, 6.07) is 1.87. The summed E-state index contributed by atoms with van der Waals surface area (Å²) in [6.45, 7) is 2.00. The Bertz CT molecular complexity index is 601. The van der Waals surface area contributed by atoms with Crippen LogP contribution in [0.5, 0.6) is 0 Å². The molecule has 0 radical (unpaired) electrons. The molecule has 0 unspecified atom stereocenters. The van der Waals surface area contributed by atoms with Crippen LogP contribution in [0, 0.1) is 0 Å². The zero-order valence-corrected chi connectivity index (χ0v) is 13.3. The fourth-order valence-electron chi connectivity index (χ4n) is 2.40. The lowest BCUT2D eigenvalue weighted by Crippen LogP contribution is -2.23. The first kappa shape index (κ1) is 14.3. The van der Waals surface area contributed by atoms with Crippen molar-refractivity contribution in [1.29, 1.82) is 0 Å². The molecule has 1 saturated heterocycles. The van der Waals surface area contributed by atoms with E-state index in [-0.39, 0.29) is 5.91 Å². The molecule has 1 aliphatic heterocycles. The summed E-state index contributed by atoms with van der Waals surface area (Å²) in [7, 11) is 0. The number of nitrogens with one attached hydrogen (secondary N) is 1. The summed E-state index contributed by atoms with van der Waals surface area (Å²) in [5, 5.41) is 7.54. The summed E-state index contributed by atoms with van der Waals surface area (Å²) in [5.74, 6) is 0.149. The second-order valence-electron chi connectivity index (χ2n) is 5.08. The van der Waals surface area contributed by atoms with Crippen LogP contribution in [0.2, 0.25) is 0 Å². The summed E-state index contributed by atoms with van der Waals surface area (Å²) in [6.07, 6.45) is 4.89. The monoisotopic (exact) mass is 322 g/mol. The Kier molecular flexibility index (Phi) is 4.40. The number of carbonyl (C=O) groups excluding carboxylic acids is 1. The zero-order valence-electron chi connectivity index (χ0n) is 11.7. The van der Waals surface area contributed by atoms with Gasteiger partial charge in [0, 0.05) is 18.5 Å². The lowest BCUT2D eigenvalue weighted by molar-refractivity contribution is 0.103. The summed E-state index contributed by atoms with van der Waals surface area (Å²) in [4.78, 5) is 19.4. The first-order valence-electron chi connectivity index (χ1n) is 7.09. The van der Waals surface area contributed by atoms with Crippen LogP contribution in [0.1, 0.15) is 35.4 Å². The molecule has 0 aliphatic carbocycles. The maximum absolute atomic E-state index is 12.3. The van der Waals surface area contributed by atoms with Gasteiger partial charge >= 0.3 is 0 Å². The number of carbonyl (C=O) groups is 1. The number of nitrogens with two attached hydrogens (primary N) is 1. The van der Waals surface area contributed by atoms with Crippen LogP contribution < -0.4 is 16.0 Å². The van der Waals surface area contributed by atoms with Gasteiger partial charge in [-0.05, 0) is 24.3 Å². The minimum Gasteiger partial charge on any atom is -0.382 e. The fourth-order valence-corrected chi connectivity index (χ4v) is 3.92. The predicted octanol–water partition coefficient (Wildman–Crippen LogP) is 3.42. The number of thiophene rings is 1. The molecule has 1 aliphatic rings. The maximum atomic E-state index is 12.3. The van der Waals surface area contributed by atoms with Crippen molar-refractivity contribution in [2.45, 2.75) is 25.7 Å². The molecule has 2 aromatic rings. The zero-order chi connectivity index (χ0) is 14.7. The highest BCUT2D eigenvalue weighted by Crippen LogP contribution is 2.30. The Morgan fingerprint density at radius 3 is 2.71 bits per heavy atom. The average Bonchev–Trinajstić information content (AvgIpc) is 3.01. The number of nitrogens with zero attached hydrogens (tertiary/aromatic N) is 2. The molecule has 1 amide bonds. The van der Waals surface area contributed by atoms with Gasteiger partial charge in [0.25, 0.3) is 5.91 Å². The highest BCUT2D eigenvalue weighted by molar-refractivity contribution is 7.18. The van der Waals surface area contributed by atoms with Crippen LogP contribution in [0.25, 0.3) is 0 Å². The van der Waals surface area contributed by atoms with E-state index in [1.807, 2.05) is 16.8 Å². The third kappa shape index (κ3) is 3.36. The fraction of sp³-hybridized carbons (Fsp3) is 0.429. The highest BCUT2D eigenvalue weighted by atomic mass is 32.1. The molecule has 0 atom stereocenters. The normalized spacial score (nSPS) is 15.7. The van der Waals surface area contributed by atoms with E-state index in [1.54, 1.807) is 11.3 Å². The summed E-state index contributed by atoms with van der Waals surface area (Å²) in [5.41, 5.74) is 6.73. The Hall–Kier alpha value is -1.60. The van der Waals surface area contributed by atoms with Crippen LogP contribution >= 0.6 is 22.7 Å². The van der Waals surface area contributed by atoms with Gasteiger partial charge in [-0.25, -0.2) is 4.98 Å². The van der Waals surface area contributed by atoms with Crippen LogP contribution in [0.4, 0.5) is 16.6 Å². The van der Waals surface area contributed by atoms with Gasteiger partial charge in [0.05, 0.1) is 5.69 Å². The molecule has 112 valence electrons. The third-order valence-electron chi connectivity index (χ3n) is 3.50. The summed E-state index contributed by atoms with van der Waals surface area (Å²) >= 11 is 2.93. The molecular weight excluding hydrogens is 304 g/mol. The standard InChI is InChI=1S/C14H18N4OS2/c15-12-11(13(19)16-10-5-8-20-9-10)21-14(17-12)18-6-3-1-2-4-7-18/h5,8-9H,1-4,6-7,15H2,(H,16,19). The van der Waals surface area contributed by atoms with Crippen LogP contribution in [0.3, 0.4) is 0 Å². The maximum Gasteiger partial charge on any atom is 0.269 e. The van der Waals surface area contributed by atoms with Crippen molar-refractivity contribution in [1.82, 2.24) is 4.98 Å². The Balaban J connectivity index is 1.75. The second-order valence-corrected chi connectivity index (χ2v) is 6.84. The van der Waals surface area contributed by atoms with Gasteiger partial charge < -0.3 is 16.0 Å². The first-order chi connectivity index (χ1) is 10.2. The van der Waals surface area contributed by atoms with Gasteiger partial charge in [-0.3, -0.25) is 4.79 Å². The van der Waals surface area contributed by atoms with E-state index in [2.05, 4.69) is 15.2 Å². The second kappa shape index (κ2) is 6.44. The van der Waals surface area contributed by atoms with Crippen molar-refractivity contribution in [3.05, 3.63) is 21.7 Å². The molecule has 0 saturated carbocycles. The number of thiazole rings is 1. The molecule has 3 N–H and O–H groups in total. The Labute approximate surface area is 131 Å². The van der Waals surface area contributed by atoms with E-state index in [1.165, 1.54) is 37.0 Å². The van der Waals surface area contributed by atoms with Crippen molar-refractivity contribution < 1.29 is 4.79 Å². The number of nitrogen functional groups attached to an aromatic ring is 1. The van der Waals surface area contributed by atoms with E-state index < -0.39 is 0 Å². The molecular formula is C14H18N4OS2. The number of hydrogen-bond acceptors (Lipinski definition) is 6. The number of anilines is 3. The minimum absolute atomic E-state index is 0.176. The van der Waals surface area contributed by atoms with Crippen molar-refractivity contribution in [2.24, 2.45) is 0 Å². The molecule has 0 aromatic carbocycles. The molecule has 7 heteroatoms. The third-order valence-corrected chi connectivity index (χ3v) is 5.32. The van der Waals surface area contributed by atoms with E-state index in [9.17, 15) is 4.79 Å².